The summed E-state index contributed by atoms with van der Waals surface area (Å²) in [4.78, 5) is 2.58. The van der Waals surface area contributed by atoms with E-state index in [1.165, 1.54) is 32.4 Å². The molecule has 1 aliphatic carbocycles. The molecule has 5 nitrogen and oxygen atoms in total. The average molecular weight is 235 g/mol. The summed E-state index contributed by atoms with van der Waals surface area (Å²) in [5, 5.41) is 8.09. The Morgan fingerprint density at radius 2 is 2.00 bits per heavy atom. The van der Waals surface area contributed by atoms with Crippen LogP contribution in [0.2, 0.25) is 0 Å². The average Bonchev–Trinajstić information content (AvgIpc) is 3.01. The Morgan fingerprint density at radius 3 is 2.65 bits per heavy atom. The van der Waals surface area contributed by atoms with Gasteiger partial charge in [0.15, 0.2) is 0 Å². The van der Waals surface area contributed by atoms with E-state index >= 15 is 0 Å². The molecule has 1 aromatic heterocycles. The summed E-state index contributed by atoms with van der Waals surface area (Å²) in [5.74, 6) is 1.95. The van der Waals surface area contributed by atoms with E-state index in [9.17, 15) is 0 Å². The molecule has 5 heteroatoms. The number of nitrogens with two attached hydrogens (primary N) is 1. The van der Waals surface area contributed by atoms with Crippen molar-refractivity contribution in [3.05, 3.63) is 11.9 Å². The lowest BCUT2D eigenvalue weighted by molar-refractivity contribution is 0.291. The summed E-state index contributed by atoms with van der Waals surface area (Å²) >= 11 is 0. The number of nitrogens with zero attached hydrogens (tertiary/aromatic N) is 4. The van der Waals surface area contributed by atoms with Crippen LogP contribution in [0, 0.1) is 11.8 Å². The van der Waals surface area contributed by atoms with Crippen molar-refractivity contribution in [2.75, 3.05) is 19.6 Å². The minimum absolute atomic E-state index is 0.480. The summed E-state index contributed by atoms with van der Waals surface area (Å²) in [6, 6.07) is 0. The van der Waals surface area contributed by atoms with E-state index in [1.54, 1.807) is 0 Å². The van der Waals surface area contributed by atoms with Gasteiger partial charge < -0.3 is 10.6 Å². The molecular weight excluding hydrogens is 214 g/mol. The van der Waals surface area contributed by atoms with Gasteiger partial charge >= 0.3 is 0 Å². The molecule has 0 radical (unpaired) electrons. The van der Waals surface area contributed by atoms with Crippen LogP contribution in [0.1, 0.15) is 25.0 Å². The lowest BCUT2D eigenvalue weighted by Gasteiger charge is -2.16. The van der Waals surface area contributed by atoms with Crippen LogP contribution < -0.4 is 5.73 Å². The molecule has 2 aliphatic rings. The van der Waals surface area contributed by atoms with Gasteiger partial charge in [0.1, 0.15) is 0 Å². The second-order valence-corrected chi connectivity index (χ2v) is 5.39. The van der Waals surface area contributed by atoms with Gasteiger partial charge in [0.05, 0.1) is 12.2 Å². The van der Waals surface area contributed by atoms with E-state index in [4.69, 9.17) is 5.73 Å². The van der Waals surface area contributed by atoms with Crippen molar-refractivity contribution in [3.8, 4) is 0 Å². The van der Waals surface area contributed by atoms with E-state index in [0.717, 1.165) is 30.6 Å². The lowest BCUT2D eigenvalue weighted by Crippen LogP contribution is -2.26. The maximum atomic E-state index is 5.52. The number of likely N-dealkylation sites (tertiary alicyclic amines) is 1. The number of hydrogen-bond donors (Lipinski definition) is 1. The van der Waals surface area contributed by atoms with E-state index in [1.807, 2.05) is 10.9 Å². The first-order valence-corrected chi connectivity index (χ1v) is 6.66. The maximum absolute atomic E-state index is 5.52. The Kier molecular flexibility index (Phi) is 3.11. The molecule has 2 unspecified atom stereocenters. The molecule has 3 rings (SSSR count). The van der Waals surface area contributed by atoms with Crippen molar-refractivity contribution >= 4 is 0 Å². The number of hydrogen-bond acceptors (Lipinski definition) is 4. The number of fused-ring (bicyclic) bond motifs is 1. The van der Waals surface area contributed by atoms with Gasteiger partial charge in [-0.2, -0.15) is 0 Å². The van der Waals surface area contributed by atoms with E-state index < -0.39 is 0 Å². The minimum atomic E-state index is 0.480. The second-order valence-electron chi connectivity index (χ2n) is 5.39. The molecule has 17 heavy (non-hydrogen) atoms. The van der Waals surface area contributed by atoms with E-state index in [-0.39, 0.29) is 0 Å². The predicted molar refractivity (Wildman–Crippen MR) is 65.2 cm³/mol. The van der Waals surface area contributed by atoms with Crippen LogP contribution in [0.25, 0.3) is 0 Å². The highest BCUT2D eigenvalue weighted by atomic mass is 15.4. The lowest BCUT2D eigenvalue weighted by atomic mass is 10.0. The molecule has 2 atom stereocenters. The summed E-state index contributed by atoms with van der Waals surface area (Å²) in [6.45, 7) is 5.10. The van der Waals surface area contributed by atoms with Crippen molar-refractivity contribution in [1.82, 2.24) is 19.9 Å². The third-order valence-electron chi connectivity index (χ3n) is 4.24. The topological polar surface area (TPSA) is 60.0 Å². The van der Waals surface area contributed by atoms with Gasteiger partial charge in [0, 0.05) is 32.4 Å². The van der Waals surface area contributed by atoms with Gasteiger partial charge in [-0.05, 0) is 24.7 Å². The molecule has 1 aliphatic heterocycles. The molecule has 1 saturated heterocycles. The highest BCUT2D eigenvalue weighted by Crippen LogP contribution is 2.37. The fraction of sp³-hybridized carbons (Fsp3) is 0.833. The van der Waals surface area contributed by atoms with Crippen molar-refractivity contribution in [2.24, 2.45) is 17.6 Å². The quantitative estimate of drug-likeness (QED) is 0.824. The molecular formula is C12H21N5. The van der Waals surface area contributed by atoms with Gasteiger partial charge in [-0.15, -0.1) is 5.10 Å². The first-order chi connectivity index (χ1) is 8.35. The van der Waals surface area contributed by atoms with E-state index in [2.05, 4.69) is 15.2 Å². The van der Waals surface area contributed by atoms with Gasteiger partial charge in [0.2, 0.25) is 0 Å². The zero-order valence-electron chi connectivity index (χ0n) is 10.3. The van der Waals surface area contributed by atoms with Crippen LogP contribution in [0.5, 0.6) is 0 Å². The molecule has 2 fully saturated rings. The van der Waals surface area contributed by atoms with Gasteiger partial charge in [-0.25, -0.2) is 0 Å². The normalized spacial score (nSPS) is 28.8. The van der Waals surface area contributed by atoms with Crippen molar-refractivity contribution in [2.45, 2.75) is 32.4 Å². The number of aromatic nitrogens is 3. The molecule has 0 aromatic carbocycles. The fourth-order valence-corrected chi connectivity index (χ4v) is 3.30. The molecule has 2 heterocycles. The van der Waals surface area contributed by atoms with Crippen LogP contribution in [0.3, 0.4) is 0 Å². The Bertz CT molecular complexity index is 363. The highest BCUT2D eigenvalue weighted by Gasteiger charge is 2.35. The van der Waals surface area contributed by atoms with Crippen molar-refractivity contribution in [3.63, 3.8) is 0 Å². The minimum Gasteiger partial charge on any atom is -0.325 e. The number of rotatable bonds is 4. The van der Waals surface area contributed by atoms with Crippen LogP contribution in [0.4, 0.5) is 0 Å². The summed E-state index contributed by atoms with van der Waals surface area (Å²) in [6.07, 6.45) is 6.30. The third kappa shape index (κ3) is 2.35. The largest absolute Gasteiger partial charge is 0.325 e. The smallest absolute Gasteiger partial charge is 0.0962 e. The van der Waals surface area contributed by atoms with Gasteiger partial charge in [-0.1, -0.05) is 11.6 Å². The summed E-state index contributed by atoms with van der Waals surface area (Å²) < 4.78 is 1.91. The standard InChI is InChI=1S/C12H21N5/c13-6-12-9-17(15-14-12)5-4-16-7-10-2-1-3-11(10)8-16/h9-11H,1-8,13H2. The Balaban J connectivity index is 1.48. The second kappa shape index (κ2) is 4.74. The molecule has 1 aromatic rings. The Morgan fingerprint density at radius 1 is 1.24 bits per heavy atom. The Hall–Kier alpha value is -0.940. The van der Waals surface area contributed by atoms with Crippen LogP contribution in [0.15, 0.2) is 6.20 Å². The molecule has 0 amide bonds. The fourth-order valence-electron chi connectivity index (χ4n) is 3.30. The molecule has 2 N–H and O–H groups in total. The van der Waals surface area contributed by atoms with Gasteiger partial charge in [0.25, 0.3) is 0 Å². The zero-order valence-corrected chi connectivity index (χ0v) is 10.3. The molecule has 1 saturated carbocycles. The van der Waals surface area contributed by atoms with E-state index in [0.29, 0.717) is 6.54 Å². The Labute approximate surface area is 102 Å². The zero-order chi connectivity index (χ0) is 11.7. The molecule has 0 bridgehead atoms. The first kappa shape index (κ1) is 11.2. The molecule has 0 spiro atoms. The maximum Gasteiger partial charge on any atom is 0.0962 e. The van der Waals surface area contributed by atoms with Gasteiger partial charge in [-0.3, -0.25) is 4.68 Å². The first-order valence-electron chi connectivity index (χ1n) is 6.66. The highest BCUT2D eigenvalue weighted by molar-refractivity contribution is 4.91. The SMILES string of the molecule is NCc1cn(CCN2CC3CCCC3C2)nn1. The summed E-state index contributed by atoms with van der Waals surface area (Å²) in [5.41, 5.74) is 6.40. The van der Waals surface area contributed by atoms with Crippen molar-refractivity contribution in [1.29, 1.82) is 0 Å². The van der Waals surface area contributed by atoms with Crippen molar-refractivity contribution < 1.29 is 0 Å². The third-order valence-corrected chi connectivity index (χ3v) is 4.24. The monoisotopic (exact) mass is 235 g/mol. The van der Waals surface area contributed by atoms with Crippen LogP contribution in [-0.2, 0) is 13.1 Å². The van der Waals surface area contributed by atoms with Crippen LogP contribution >= 0.6 is 0 Å². The molecule has 94 valence electrons. The predicted octanol–water partition coefficient (Wildman–Crippen LogP) is 0.469. The summed E-state index contributed by atoms with van der Waals surface area (Å²) in [7, 11) is 0. The van der Waals surface area contributed by atoms with Crippen LogP contribution in [-0.4, -0.2) is 39.5 Å².